The second-order valence-electron chi connectivity index (χ2n) is 6.04. The zero-order valence-corrected chi connectivity index (χ0v) is 15.2. The van der Waals surface area contributed by atoms with Gasteiger partial charge in [-0.05, 0) is 31.9 Å². The first-order valence-electron chi connectivity index (χ1n) is 8.36. The first-order chi connectivity index (χ1) is 13.4. The van der Waals surface area contributed by atoms with Gasteiger partial charge in [0, 0.05) is 35.5 Å². The van der Waals surface area contributed by atoms with Gasteiger partial charge in [0.05, 0.1) is 4.92 Å². The average Bonchev–Trinajstić information content (AvgIpc) is 3.14. The van der Waals surface area contributed by atoms with Gasteiger partial charge in [0.15, 0.2) is 0 Å². The number of carbonyl (C=O) groups excluding carboxylic acids is 2. The Labute approximate surface area is 158 Å². The maximum Gasteiger partial charge on any atom is 0.270 e. The lowest BCUT2D eigenvalue weighted by Crippen LogP contribution is -2.41. The molecule has 0 aliphatic carbocycles. The van der Waals surface area contributed by atoms with Crippen LogP contribution in [-0.2, 0) is 11.2 Å². The van der Waals surface area contributed by atoms with E-state index in [1.807, 2.05) is 13.8 Å². The molecule has 11 heteroatoms. The van der Waals surface area contributed by atoms with Crippen molar-refractivity contribution in [2.45, 2.75) is 26.7 Å². The van der Waals surface area contributed by atoms with Gasteiger partial charge in [0.2, 0.25) is 5.91 Å². The summed E-state index contributed by atoms with van der Waals surface area (Å²) in [5.41, 5.74) is 6.89. The second kappa shape index (κ2) is 7.78. The molecule has 2 aromatic heterocycles. The Morgan fingerprint density at radius 3 is 2.79 bits per heavy atom. The number of aromatic nitrogens is 4. The molecule has 0 fully saturated rings. The molecular formula is C17H17N7O4. The lowest BCUT2D eigenvalue weighted by Gasteiger charge is -2.11. The van der Waals surface area contributed by atoms with Gasteiger partial charge in [-0.3, -0.25) is 30.6 Å². The number of fused-ring (bicyclic) bond motifs is 1. The molecule has 2 amide bonds. The minimum absolute atomic E-state index is 0.0713. The van der Waals surface area contributed by atoms with Crippen molar-refractivity contribution in [1.82, 2.24) is 30.4 Å². The van der Waals surface area contributed by atoms with Crippen molar-refractivity contribution in [3.05, 3.63) is 63.2 Å². The summed E-state index contributed by atoms with van der Waals surface area (Å²) in [4.78, 5) is 42.7. The van der Waals surface area contributed by atoms with Crippen LogP contribution < -0.4 is 10.9 Å². The van der Waals surface area contributed by atoms with E-state index in [0.29, 0.717) is 12.2 Å². The standard InChI is InChI=1S/C17H17N7O4/c1-10-14(11(2)23-17(20-10)18-9-19-23)6-7-15(25)21-22-16(26)12-4-3-5-13(8-12)24(27)28/h3-5,8-9H,6-7H2,1-2H3,(H,21,25)(H,22,26). The second-order valence-corrected chi connectivity index (χ2v) is 6.04. The van der Waals surface area contributed by atoms with Crippen LogP contribution in [0, 0.1) is 24.0 Å². The summed E-state index contributed by atoms with van der Waals surface area (Å²) < 4.78 is 1.60. The zero-order chi connectivity index (χ0) is 20.3. The normalized spacial score (nSPS) is 10.6. The quantitative estimate of drug-likeness (QED) is 0.495. The molecular weight excluding hydrogens is 366 g/mol. The number of aryl methyl sites for hydroxylation is 2. The summed E-state index contributed by atoms with van der Waals surface area (Å²) in [6.07, 6.45) is 1.92. The van der Waals surface area contributed by atoms with Crippen molar-refractivity contribution in [3.63, 3.8) is 0 Å². The molecule has 0 unspecified atom stereocenters. The minimum atomic E-state index is -0.643. The third-order valence-electron chi connectivity index (χ3n) is 4.23. The predicted octanol–water partition coefficient (Wildman–Crippen LogP) is 1.04. The molecule has 0 aliphatic heterocycles. The molecule has 0 atom stereocenters. The largest absolute Gasteiger partial charge is 0.273 e. The van der Waals surface area contributed by atoms with E-state index < -0.39 is 16.7 Å². The molecule has 2 heterocycles. The number of hydrogen-bond donors (Lipinski definition) is 2. The molecule has 0 saturated heterocycles. The summed E-state index contributed by atoms with van der Waals surface area (Å²) in [5.74, 6) is -0.557. The van der Waals surface area contributed by atoms with Gasteiger partial charge in [-0.15, -0.1) is 0 Å². The van der Waals surface area contributed by atoms with Crippen molar-refractivity contribution in [3.8, 4) is 0 Å². The smallest absolute Gasteiger partial charge is 0.270 e. The van der Waals surface area contributed by atoms with Gasteiger partial charge in [-0.1, -0.05) is 6.07 Å². The van der Waals surface area contributed by atoms with E-state index in [1.165, 1.54) is 24.5 Å². The highest BCUT2D eigenvalue weighted by Crippen LogP contribution is 2.15. The monoisotopic (exact) mass is 383 g/mol. The van der Waals surface area contributed by atoms with Gasteiger partial charge in [0.25, 0.3) is 17.4 Å². The number of rotatable bonds is 5. The maximum absolute atomic E-state index is 12.1. The molecule has 0 radical (unpaired) electrons. The highest BCUT2D eigenvalue weighted by atomic mass is 16.6. The van der Waals surface area contributed by atoms with Gasteiger partial charge >= 0.3 is 0 Å². The van der Waals surface area contributed by atoms with Crippen LogP contribution in [0.1, 0.15) is 33.7 Å². The van der Waals surface area contributed by atoms with Crippen LogP contribution in [0.3, 0.4) is 0 Å². The van der Waals surface area contributed by atoms with Gasteiger partial charge in [-0.2, -0.15) is 10.1 Å². The van der Waals surface area contributed by atoms with Crippen molar-refractivity contribution in [1.29, 1.82) is 0 Å². The minimum Gasteiger partial charge on any atom is -0.273 e. The van der Waals surface area contributed by atoms with Crippen molar-refractivity contribution in [2.24, 2.45) is 0 Å². The summed E-state index contributed by atoms with van der Waals surface area (Å²) >= 11 is 0. The number of nitrogens with one attached hydrogen (secondary N) is 2. The summed E-state index contributed by atoms with van der Waals surface area (Å²) in [6.45, 7) is 3.70. The van der Waals surface area contributed by atoms with Crippen molar-refractivity contribution in [2.75, 3.05) is 0 Å². The Balaban J connectivity index is 1.59. The van der Waals surface area contributed by atoms with Crippen LogP contribution in [-0.4, -0.2) is 36.3 Å². The Hall–Kier alpha value is -3.89. The number of nitrogens with zero attached hydrogens (tertiary/aromatic N) is 5. The first kappa shape index (κ1) is 18.9. The SMILES string of the molecule is Cc1nc2ncnn2c(C)c1CCC(=O)NNC(=O)c1cccc([N+](=O)[O-])c1. The number of nitro groups is 1. The Morgan fingerprint density at radius 2 is 2.04 bits per heavy atom. The lowest BCUT2D eigenvalue weighted by atomic mass is 10.1. The summed E-state index contributed by atoms with van der Waals surface area (Å²) in [5, 5.41) is 14.9. The Kier molecular flexibility index (Phi) is 5.25. The number of carbonyl (C=O) groups is 2. The number of benzene rings is 1. The summed E-state index contributed by atoms with van der Waals surface area (Å²) in [7, 11) is 0. The van der Waals surface area contributed by atoms with E-state index in [-0.39, 0.29) is 17.7 Å². The molecule has 1 aromatic carbocycles. The zero-order valence-electron chi connectivity index (χ0n) is 15.2. The molecule has 0 spiro atoms. The van der Waals surface area contributed by atoms with Crippen LogP contribution in [0.5, 0.6) is 0 Å². The van der Waals surface area contributed by atoms with E-state index >= 15 is 0 Å². The molecule has 28 heavy (non-hydrogen) atoms. The third kappa shape index (κ3) is 3.92. The van der Waals surface area contributed by atoms with E-state index in [4.69, 9.17) is 0 Å². The topological polar surface area (TPSA) is 144 Å². The predicted molar refractivity (Wildman–Crippen MR) is 97.3 cm³/mol. The molecule has 0 bridgehead atoms. The van der Waals surface area contributed by atoms with Crippen LogP contribution in [0.4, 0.5) is 5.69 Å². The molecule has 11 nitrogen and oxygen atoms in total. The van der Waals surface area contributed by atoms with E-state index in [9.17, 15) is 19.7 Å². The van der Waals surface area contributed by atoms with Crippen molar-refractivity contribution >= 4 is 23.3 Å². The molecule has 0 aliphatic rings. The fraction of sp³-hybridized carbons (Fsp3) is 0.235. The number of amides is 2. The molecule has 3 aromatic rings. The van der Waals surface area contributed by atoms with Crippen LogP contribution in [0.15, 0.2) is 30.6 Å². The maximum atomic E-state index is 12.1. The number of hydrazine groups is 1. The number of nitro benzene ring substituents is 1. The highest BCUT2D eigenvalue weighted by Gasteiger charge is 2.14. The highest BCUT2D eigenvalue weighted by molar-refractivity contribution is 5.95. The molecule has 2 N–H and O–H groups in total. The summed E-state index contributed by atoms with van der Waals surface area (Å²) in [6, 6.07) is 5.22. The Morgan fingerprint density at radius 1 is 1.25 bits per heavy atom. The van der Waals surface area contributed by atoms with E-state index in [1.54, 1.807) is 4.52 Å². The van der Waals surface area contributed by atoms with Gasteiger partial charge < -0.3 is 0 Å². The van der Waals surface area contributed by atoms with Crippen LogP contribution >= 0.6 is 0 Å². The van der Waals surface area contributed by atoms with Gasteiger partial charge in [-0.25, -0.2) is 9.50 Å². The van der Waals surface area contributed by atoms with Crippen molar-refractivity contribution < 1.29 is 14.5 Å². The fourth-order valence-corrected chi connectivity index (χ4v) is 2.78. The molecule has 0 saturated carbocycles. The Bertz CT molecular complexity index is 1080. The van der Waals surface area contributed by atoms with E-state index in [0.717, 1.165) is 23.0 Å². The first-order valence-corrected chi connectivity index (χ1v) is 8.36. The molecule has 3 rings (SSSR count). The number of hydrogen-bond acceptors (Lipinski definition) is 7. The average molecular weight is 383 g/mol. The molecule has 144 valence electrons. The number of non-ortho nitro benzene ring substituents is 1. The van der Waals surface area contributed by atoms with Gasteiger partial charge in [0.1, 0.15) is 6.33 Å². The third-order valence-corrected chi connectivity index (χ3v) is 4.23. The lowest BCUT2D eigenvalue weighted by molar-refractivity contribution is -0.384. The van der Waals surface area contributed by atoms with Crippen LogP contribution in [0.25, 0.3) is 5.78 Å². The fourth-order valence-electron chi connectivity index (χ4n) is 2.78. The van der Waals surface area contributed by atoms with Crippen LogP contribution in [0.2, 0.25) is 0 Å². The van der Waals surface area contributed by atoms with E-state index in [2.05, 4.69) is 25.9 Å².